The van der Waals surface area contributed by atoms with Crippen LogP contribution in [-0.2, 0) is 0 Å². The Balaban J connectivity index is 1.02. The van der Waals surface area contributed by atoms with E-state index in [1.807, 2.05) is 42.5 Å². The predicted molar refractivity (Wildman–Crippen MR) is 224 cm³/mol. The molecule has 254 valence electrons. The zero-order chi connectivity index (χ0) is 35.8. The van der Waals surface area contributed by atoms with Gasteiger partial charge in [-0.25, -0.2) is 24.9 Å². The smallest absolute Gasteiger partial charge is 0.164 e. The summed E-state index contributed by atoms with van der Waals surface area (Å²) in [5.74, 6) is 1.86. The van der Waals surface area contributed by atoms with Crippen molar-refractivity contribution in [2.45, 2.75) is 0 Å². The summed E-state index contributed by atoms with van der Waals surface area (Å²) in [4.78, 5) is 25.1. The Kier molecular flexibility index (Phi) is 8.13. The Morgan fingerprint density at radius 3 is 1.06 bits per heavy atom. The molecule has 0 N–H and O–H groups in total. The van der Waals surface area contributed by atoms with Crippen LogP contribution in [0.2, 0.25) is 0 Å². The van der Waals surface area contributed by atoms with E-state index in [-0.39, 0.29) is 0 Å². The highest BCUT2D eigenvalue weighted by Crippen LogP contribution is 2.36. The van der Waals surface area contributed by atoms with E-state index in [4.69, 9.17) is 24.9 Å². The first-order valence-corrected chi connectivity index (χ1v) is 19.3. The van der Waals surface area contributed by atoms with Crippen molar-refractivity contribution in [1.82, 2.24) is 24.9 Å². The van der Waals surface area contributed by atoms with E-state index in [9.17, 15) is 0 Å². The van der Waals surface area contributed by atoms with Crippen molar-refractivity contribution >= 4 is 43.1 Å². The minimum absolute atomic E-state index is 0.615. The molecule has 0 atom stereocenters. The fourth-order valence-corrected chi connectivity index (χ4v) is 8.55. The average molecular weight is 728 g/mol. The lowest BCUT2D eigenvalue weighted by atomic mass is 10.0. The molecule has 0 bridgehead atoms. The molecule has 5 nitrogen and oxygen atoms in total. The Morgan fingerprint density at radius 2 is 0.611 bits per heavy atom. The Labute approximate surface area is 320 Å². The number of rotatable bonds is 7. The van der Waals surface area contributed by atoms with Crippen molar-refractivity contribution < 1.29 is 0 Å². The maximum atomic E-state index is 5.10. The van der Waals surface area contributed by atoms with Crippen LogP contribution >= 0.6 is 22.7 Å². The minimum atomic E-state index is 0.615. The van der Waals surface area contributed by atoms with E-state index in [2.05, 4.69) is 133 Å². The molecule has 7 heteroatoms. The lowest BCUT2D eigenvalue weighted by Gasteiger charge is -2.10. The third kappa shape index (κ3) is 6.26. The van der Waals surface area contributed by atoms with E-state index in [0.717, 1.165) is 80.5 Å². The van der Waals surface area contributed by atoms with Crippen LogP contribution in [0.5, 0.6) is 0 Å². The summed E-state index contributed by atoms with van der Waals surface area (Å²) >= 11 is 3.42. The second kappa shape index (κ2) is 13.7. The van der Waals surface area contributed by atoms with Crippen molar-refractivity contribution in [1.29, 1.82) is 0 Å². The van der Waals surface area contributed by atoms with Crippen molar-refractivity contribution in [3.8, 4) is 77.6 Å². The van der Waals surface area contributed by atoms with E-state index in [1.54, 1.807) is 22.7 Å². The molecular weight excluding hydrogens is 699 g/mol. The molecule has 10 rings (SSSR count). The standard InChI is InChI=1S/C47H29N5S2/c1-4-12-30(13-5-1)43-50-44(37-20-10-18-33(26-37)35-22-24-41-39(28-35)48-46(53-41)31-14-6-2-7-15-31)52-45(51-43)38-21-11-19-34(27-38)36-23-25-42-40(29-36)49-47(54-42)32-16-8-3-9-17-32/h1-29H. The topological polar surface area (TPSA) is 64.5 Å². The van der Waals surface area contributed by atoms with Gasteiger partial charge in [0.15, 0.2) is 17.5 Å². The monoisotopic (exact) mass is 727 g/mol. The molecule has 10 aromatic rings. The number of nitrogens with zero attached hydrogens (tertiary/aromatic N) is 5. The summed E-state index contributed by atoms with van der Waals surface area (Å²) in [5, 5.41) is 2.04. The van der Waals surface area contributed by atoms with E-state index in [1.165, 1.54) is 0 Å². The molecule has 0 fully saturated rings. The highest BCUT2D eigenvalue weighted by Gasteiger charge is 2.15. The first-order chi connectivity index (χ1) is 26.7. The summed E-state index contributed by atoms with van der Waals surface area (Å²) in [6.45, 7) is 0. The number of hydrogen-bond donors (Lipinski definition) is 0. The Bertz CT molecular complexity index is 2760. The maximum Gasteiger partial charge on any atom is 0.164 e. The van der Waals surface area contributed by atoms with Gasteiger partial charge in [-0.15, -0.1) is 22.7 Å². The average Bonchev–Trinajstić information content (AvgIpc) is 3.89. The highest BCUT2D eigenvalue weighted by molar-refractivity contribution is 7.22. The quantitative estimate of drug-likeness (QED) is 0.164. The molecule has 0 aliphatic carbocycles. The molecule has 0 saturated heterocycles. The molecule has 0 aliphatic heterocycles. The largest absolute Gasteiger partial charge is 0.236 e. The first-order valence-electron chi connectivity index (χ1n) is 17.7. The van der Waals surface area contributed by atoms with Gasteiger partial charge in [0, 0.05) is 27.8 Å². The molecule has 0 aliphatic rings. The van der Waals surface area contributed by atoms with Crippen LogP contribution in [0.1, 0.15) is 0 Å². The maximum absolute atomic E-state index is 5.10. The molecule has 0 spiro atoms. The van der Waals surface area contributed by atoms with E-state index < -0.39 is 0 Å². The second-order valence-corrected chi connectivity index (χ2v) is 15.0. The summed E-state index contributed by atoms with van der Waals surface area (Å²) < 4.78 is 2.32. The fourth-order valence-electron chi connectivity index (χ4n) is 6.65. The van der Waals surface area contributed by atoms with Gasteiger partial charge in [0.05, 0.1) is 20.4 Å². The van der Waals surface area contributed by atoms with Crippen molar-refractivity contribution in [2.75, 3.05) is 0 Å². The van der Waals surface area contributed by atoms with Crippen molar-refractivity contribution in [2.24, 2.45) is 0 Å². The van der Waals surface area contributed by atoms with Gasteiger partial charge in [-0.2, -0.15) is 0 Å². The lowest BCUT2D eigenvalue weighted by Crippen LogP contribution is -2.00. The molecule has 54 heavy (non-hydrogen) atoms. The summed E-state index contributed by atoms with van der Waals surface area (Å²) in [6, 6.07) is 60.6. The number of aromatic nitrogens is 5. The molecule has 3 aromatic heterocycles. The van der Waals surface area contributed by atoms with Crippen LogP contribution in [0.15, 0.2) is 176 Å². The van der Waals surface area contributed by atoms with E-state index >= 15 is 0 Å². The third-order valence-electron chi connectivity index (χ3n) is 9.39. The molecule has 0 radical (unpaired) electrons. The number of hydrogen-bond acceptors (Lipinski definition) is 7. The van der Waals surface area contributed by atoms with Crippen LogP contribution in [0.3, 0.4) is 0 Å². The zero-order valence-corrected chi connectivity index (χ0v) is 30.4. The highest BCUT2D eigenvalue weighted by atomic mass is 32.1. The molecular formula is C47H29N5S2. The van der Waals surface area contributed by atoms with Crippen LogP contribution < -0.4 is 0 Å². The SMILES string of the molecule is c1ccc(-c2nc(-c3cccc(-c4ccc5sc(-c6ccccc6)nc5c4)c3)nc(-c3cccc(-c4ccc5sc(-c6ccccc6)nc5c4)c3)n2)cc1. The summed E-state index contributed by atoms with van der Waals surface area (Å²) in [6.07, 6.45) is 0. The van der Waals surface area contributed by atoms with Gasteiger partial charge in [0.1, 0.15) is 10.0 Å². The lowest BCUT2D eigenvalue weighted by molar-refractivity contribution is 1.07. The molecule has 0 amide bonds. The van der Waals surface area contributed by atoms with Crippen LogP contribution in [0.25, 0.3) is 98.0 Å². The summed E-state index contributed by atoms with van der Waals surface area (Å²) in [7, 11) is 0. The van der Waals surface area contributed by atoms with Gasteiger partial charge in [-0.05, 0) is 58.7 Å². The number of thiazole rings is 2. The Hall–Kier alpha value is -6.67. The minimum Gasteiger partial charge on any atom is -0.236 e. The van der Waals surface area contributed by atoms with Gasteiger partial charge in [0.2, 0.25) is 0 Å². The van der Waals surface area contributed by atoms with Gasteiger partial charge in [0.25, 0.3) is 0 Å². The van der Waals surface area contributed by atoms with Gasteiger partial charge in [-0.1, -0.05) is 140 Å². The molecule has 3 heterocycles. The van der Waals surface area contributed by atoms with Crippen LogP contribution in [0.4, 0.5) is 0 Å². The summed E-state index contributed by atoms with van der Waals surface area (Å²) in [5.41, 5.74) is 11.3. The molecule has 0 unspecified atom stereocenters. The third-order valence-corrected chi connectivity index (χ3v) is 11.6. The van der Waals surface area contributed by atoms with Crippen LogP contribution in [0, 0.1) is 0 Å². The molecule has 7 aromatic carbocycles. The van der Waals surface area contributed by atoms with Crippen LogP contribution in [-0.4, -0.2) is 24.9 Å². The van der Waals surface area contributed by atoms with E-state index in [0.29, 0.717) is 17.5 Å². The molecule has 0 saturated carbocycles. The van der Waals surface area contributed by atoms with Gasteiger partial charge >= 0.3 is 0 Å². The van der Waals surface area contributed by atoms with Gasteiger partial charge < -0.3 is 0 Å². The first kappa shape index (κ1) is 32.0. The number of benzene rings is 7. The predicted octanol–water partition coefficient (Wildman–Crippen LogP) is 12.8. The zero-order valence-electron chi connectivity index (χ0n) is 28.8. The second-order valence-electron chi connectivity index (χ2n) is 13.0. The number of fused-ring (bicyclic) bond motifs is 2. The normalized spacial score (nSPS) is 11.3. The fraction of sp³-hybridized carbons (Fsp3) is 0. The van der Waals surface area contributed by atoms with Crippen molar-refractivity contribution in [3.63, 3.8) is 0 Å². The van der Waals surface area contributed by atoms with Crippen molar-refractivity contribution in [3.05, 3.63) is 176 Å². The Morgan fingerprint density at radius 1 is 0.259 bits per heavy atom. The van der Waals surface area contributed by atoms with Gasteiger partial charge in [-0.3, -0.25) is 0 Å².